The van der Waals surface area contributed by atoms with Crippen LogP contribution in [-0.2, 0) is 39.9 Å². The highest BCUT2D eigenvalue weighted by Gasteiger charge is 2.28. The van der Waals surface area contributed by atoms with Gasteiger partial charge in [0.05, 0.1) is 32.6 Å². The van der Waals surface area contributed by atoms with E-state index in [2.05, 4.69) is 33.6 Å². The average molecular weight is 710 g/mol. The lowest BCUT2D eigenvalue weighted by atomic mass is 10.0. The topological polar surface area (TPSA) is 273 Å². The van der Waals surface area contributed by atoms with E-state index in [-0.39, 0.29) is 27.3 Å². The molecule has 1 aliphatic carbocycles. The molecule has 0 aliphatic heterocycles. The van der Waals surface area contributed by atoms with Crippen LogP contribution in [0.4, 0.5) is 22.7 Å². The molecule has 3 aromatic rings. The van der Waals surface area contributed by atoms with Crippen molar-refractivity contribution in [2.75, 3.05) is 5.73 Å². The van der Waals surface area contributed by atoms with E-state index in [4.69, 9.17) is 5.73 Å². The summed E-state index contributed by atoms with van der Waals surface area (Å²) in [7, 11) is -17.8. The Bertz CT molecular complexity index is 2360. The van der Waals surface area contributed by atoms with Gasteiger partial charge in [0.2, 0.25) is 0 Å². The van der Waals surface area contributed by atoms with Crippen LogP contribution in [0, 0.1) is 0 Å². The zero-order valence-corrected chi connectivity index (χ0v) is 26.4. The lowest BCUT2D eigenvalue weighted by Gasteiger charge is -2.15. The van der Waals surface area contributed by atoms with Crippen molar-refractivity contribution in [3.05, 3.63) is 83.5 Å². The maximum atomic E-state index is 12.3. The SMILES string of the molecule is C=CS(=O)(=O)C1=CCC(/N=N/c2c(S(=O)(=O)O)cc3cc(S(=O)(=O)O)c(/N=N/c4ccc(S(=O)(=O)C=C)cc4)c(N)c3c2O)C=C1. The maximum Gasteiger partial charge on any atom is 0.296 e. The number of nitrogens with zero attached hydrogens (tertiary/aromatic N) is 4. The maximum absolute atomic E-state index is 12.3. The van der Waals surface area contributed by atoms with Gasteiger partial charge >= 0.3 is 0 Å². The van der Waals surface area contributed by atoms with Crippen molar-refractivity contribution in [3.63, 3.8) is 0 Å². The molecule has 0 aromatic heterocycles. The molecule has 1 unspecified atom stereocenters. The second-order valence-corrected chi connectivity index (χ2v) is 15.9. The van der Waals surface area contributed by atoms with Gasteiger partial charge in [0, 0.05) is 10.8 Å². The van der Waals surface area contributed by atoms with Crippen molar-refractivity contribution in [1.82, 2.24) is 0 Å². The molecule has 16 nitrogen and oxygen atoms in total. The number of hydrogen-bond acceptors (Lipinski definition) is 14. The zero-order valence-electron chi connectivity index (χ0n) is 23.2. The van der Waals surface area contributed by atoms with Crippen LogP contribution in [0.1, 0.15) is 6.42 Å². The zero-order chi connectivity index (χ0) is 34.2. The van der Waals surface area contributed by atoms with Crippen LogP contribution in [-0.4, -0.2) is 53.9 Å². The number of allylic oxidation sites excluding steroid dienone is 1. The van der Waals surface area contributed by atoms with Crippen molar-refractivity contribution in [2.24, 2.45) is 20.5 Å². The monoisotopic (exact) mass is 709 g/mol. The molecule has 0 bridgehead atoms. The standard InChI is InChI=1S/C26H23N5O11S4/c1-3-43(33,34)18-9-5-16(6-10-18)28-30-24-20(45(37,38)39)13-15-14-21(46(40,41)42)25(26(32)22(15)23(24)27)31-29-17-7-11-19(12-8-17)44(35,36)4-2/h3-7,9-14,17,32H,1-2,8,27H2,(H,37,38,39)(H,40,41,42)/b30-28+,31-29+. The van der Waals surface area contributed by atoms with Gasteiger partial charge in [0.1, 0.15) is 21.2 Å². The number of aromatic hydroxyl groups is 1. The number of benzene rings is 3. The quantitative estimate of drug-likeness (QED) is 0.125. The fourth-order valence-electron chi connectivity index (χ4n) is 4.12. The molecular formula is C26H23N5O11S4. The van der Waals surface area contributed by atoms with Gasteiger partial charge in [0.25, 0.3) is 20.2 Å². The molecule has 1 aliphatic rings. The number of hydrogen-bond donors (Lipinski definition) is 4. The second kappa shape index (κ2) is 12.3. The van der Waals surface area contributed by atoms with E-state index >= 15 is 0 Å². The van der Waals surface area contributed by atoms with Gasteiger partial charge in [-0.15, -0.1) is 10.2 Å². The first-order valence-corrected chi connectivity index (χ1v) is 18.4. The van der Waals surface area contributed by atoms with E-state index in [0.717, 1.165) is 22.9 Å². The normalized spacial score (nSPS) is 16.2. The van der Waals surface area contributed by atoms with Gasteiger partial charge < -0.3 is 10.8 Å². The fourth-order valence-corrected chi connectivity index (χ4v) is 6.95. The largest absolute Gasteiger partial charge is 0.505 e. The van der Waals surface area contributed by atoms with E-state index in [1.807, 2.05) is 0 Å². The summed E-state index contributed by atoms with van der Waals surface area (Å²) in [5, 5.41) is 27.2. The third-order valence-electron chi connectivity index (χ3n) is 6.42. The third-order valence-corrected chi connectivity index (χ3v) is 10.9. The first-order valence-electron chi connectivity index (χ1n) is 12.4. The number of fused-ring (bicyclic) bond motifs is 1. The minimum Gasteiger partial charge on any atom is -0.505 e. The lowest BCUT2D eigenvalue weighted by Crippen LogP contribution is -2.07. The molecule has 20 heteroatoms. The highest BCUT2D eigenvalue weighted by molar-refractivity contribution is 7.98. The molecule has 0 fully saturated rings. The predicted molar refractivity (Wildman–Crippen MR) is 167 cm³/mol. The molecule has 1 atom stereocenters. The first-order chi connectivity index (χ1) is 21.3. The third kappa shape index (κ3) is 6.95. The lowest BCUT2D eigenvalue weighted by molar-refractivity contribution is 0.471. The highest BCUT2D eigenvalue weighted by atomic mass is 32.2. The van der Waals surface area contributed by atoms with Crippen LogP contribution < -0.4 is 5.73 Å². The molecule has 0 spiro atoms. The number of rotatable bonds is 10. The van der Waals surface area contributed by atoms with Crippen molar-refractivity contribution in [1.29, 1.82) is 0 Å². The smallest absolute Gasteiger partial charge is 0.296 e. The molecule has 5 N–H and O–H groups in total. The molecule has 46 heavy (non-hydrogen) atoms. The first kappa shape index (κ1) is 34.3. The number of nitrogens with two attached hydrogens (primary N) is 1. The molecule has 0 radical (unpaired) electrons. The molecule has 0 saturated heterocycles. The van der Waals surface area contributed by atoms with Crippen molar-refractivity contribution >= 4 is 73.4 Å². The van der Waals surface area contributed by atoms with Crippen LogP contribution >= 0.6 is 0 Å². The predicted octanol–water partition coefficient (Wildman–Crippen LogP) is 4.81. The summed E-state index contributed by atoms with van der Waals surface area (Å²) in [6, 6.07) is 5.43. The van der Waals surface area contributed by atoms with Crippen LogP contribution in [0.5, 0.6) is 5.75 Å². The number of nitrogen functional groups attached to an aromatic ring is 1. The van der Waals surface area contributed by atoms with Crippen LogP contribution in [0.15, 0.2) is 119 Å². The highest BCUT2D eigenvalue weighted by Crippen LogP contribution is 2.48. The van der Waals surface area contributed by atoms with E-state index in [9.17, 15) is 47.9 Å². The summed E-state index contributed by atoms with van der Waals surface area (Å²) in [5.74, 6) is -0.978. The molecule has 3 aromatic carbocycles. The van der Waals surface area contributed by atoms with E-state index < -0.39 is 83.9 Å². The summed E-state index contributed by atoms with van der Waals surface area (Å²) < 4.78 is 117. The Kier molecular flexibility index (Phi) is 9.17. The van der Waals surface area contributed by atoms with Crippen molar-refractivity contribution in [3.8, 4) is 5.75 Å². The van der Waals surface area contributed by atoms with Crippen molar-refractivity contribution in [2.45, 2.75) is 27.1 Å². The molecule has 0 saturated carbocycles. The Labute approximate surface area is 263 Å². The summed E-state index contributed by atoms with van der Waals surface area (Å²) in [6.07, 6.45) is 3.90. The van der Waals surface area contributed by atoms with Gasteiger partial charge in [-0.25, -0.2) is 16.8 Å². The van der Waals surface area contributed by atoms with Gasteiger partial charge in [-0.05, 0) is 54.3 Å². The Hall–Kier alpha value is -4.60. The Morgan fingerprint density at radius 3 is 1.87 bits per heavy atom. The summed E-state index contributed by atoms with van der Waals surface area (Å²) in [5.41, 5.74) is 4.08. The average Bonchev–Trinajstić information content (AvgIpc) is 2.99. The Morgan fingerprint density at radius 1 is 0.804 bits per heavy atom. The number of anilines is 1. The fraction of sp³-hybridized carbons (Fsp3) is 0.0769. The molecule has 4 rings (SSSR count). The Balaban J connectivity index is 1.88. The van der Waals surface area contributed by atoms with Crippen LogP contribution in [0.25, 0.3) is 10.8 Å². The number of sulfone groups is 2. The number of azo groups is 2. The van der Waals surface area contributed by atoms with E-state index in [1.54, 1.807) is 0 Å². The number of phenols is 1. The minimum atomic E-state index is -5.14. The molecule has 0 amide bonds. The summed E-state index contributed by atoms with van der Waals surface area (Å²) in [4.78, 5) is -2.13. The van der Waals surface area contributed by atoms with Gasteiger partial charge in [0.15, 0.2) is 25.4 Å². The van der Waals surface area contributed by atoms with E-state index in [1.165, 1.54) is 42.5 Å². The Morgan fingerprint density at radius 2 is 1.37 bits per heavy atom. The van der Waals surface area contributed by atoms with E-state index in [0.29, 0.717) is 0 Å². The summed E-state index contributed by atoms with van der Waals surface area (Å²) >= 11 is 0. The summed E-state index contributed by atoms with van der Waals surface area (Å²) in [6.45, 7) is 6.46. The van der Waals surface area contributed by atoms with Crippen molar-refractivity contribution < 1.29 is 47.9 Å². The molecular weight excluding hydrogens is 687 g/mol. The van der Waals surface area contributed by atoms with Crippen LogP contribution in [0.3, 0.4) is 0 Å². The van der Waals surface area contributed by atoms with Gasteiger partial charge in [-0.1, -0.05) is 25.3 Å². The number of phenolic OH excluding ortho intramolecular Hbond substituents is 1. The molecule has 242 valence electrons. The molecule has 0 heterocycles. The van der Waals surface area contributed by atoms with Gasteiger partial charge in [-0.3, -0.25) is 9.11 Å². The second-order valence-electron chi connectivity index (χ2n) is 9.36. The van der Waals surface area contributed by atoms with Gasteiger partial charge in [-0.2, -0.15) is 27.1 Å². The van der Waals surface area contributed by atoms with Crippen LogP contribution in [0.2, 0.25) is 0 Å². The minimum absolute atomic E-state index is 0.00282.